The molecular formula is C12H15N3O2. The lowest BCUT2D eigenvalue weighted by Gasteiger charge is -2.11. The van der Waals surface area contributed by atoms with Crippen LogP contribution in [0.15, 0.2) is 24.4 Å². The Hall–Kier alpha value is -2.17. The van der Waals surface area contributed by atoms with Gasteiger partial charge in [-0.15, -0.1) is 0 Å². The molecule has 0 saturated heterocycles. The number of methoxy groups -OCH3 is 2. The highest BCUT2D eigenvalue weighted by Gasteiger charge is 2.14. The number of rotatable bonds is 3. The number of anilines is 1. The van der Waals surface area contributed by atoms with E-state index in [1.807, 2.05) is 25.2 Å². The molecular weight excluding hydrogens is 218 g/mol. The lowest BCUT2D eigenvalue weighted by atomic mass is 10.1. The summed E-state index contributed by atoms with van der Waals surface area (Å²) >= 11 is 0. The van der Waals surface area contributed by atoms with Gasteiger partial charge in [0.2, 0.25) is 0 Å². The highest BCUT2D eigenvalue weighted by Crippen LogP contribution is 2.35. The molecule has 1 aromatic heterocycles. The number of benzene rings is 1. The Bertz CT molecular complexity index is 515. The van der Waals surface area contributed by atoms with E-state index >= 15 is 0 Å². The second kappa shape index (κ2) is 4.37. The van der Waals surface area contributed by atoms with Crippen molar-refractivity contribution in [3.8, 4) is 22.8 Å². The van der Waals surface area contributed by atoms with Gasteiger partial charge in [-0.05, 0) is 18.2 Å². The van der Waals surface area contributed by atoms with Crippen molar-refractivity contribution >= 4 is 5.69 Å². The molecule has 0 fully saturated rings. The predicted octanol–water partition coefficient (Wildman–Crippen LogP) is 1.69. The smallest absolute Gasteiger partial charge is 0.128 e. The molecule has 2 N–H and O–H groups in total. The van der Waals surface area contributed by atoms with E-state index in [9.17, 15) is 0 Å². The molecule has 0 amide bonds. The van der Waals surface area contributed by atoms with E-state index in [1.54, 1.807) is 25.1 Å². The first-order chi connectivity index (χ1) is 8.17. The van der Waals surface area contributed by atoms with Crippen LogP contribution < -0.4 is 15.2 Å². The minimum Gasteiger partial charge on any atom is -0.497 e. The number of nitrogen functional groups attached to an aromatic ring is 1. The summed E-state index contributed by atoms with van der Waals surface area (Å²) < 4.78 is 12.2. The van der Waals surface area contributed by atoms with Gasteiger partial charge in [0.15, 0.2) is 0 Å². The molecule has 0 saturated carbocycles. The van der Waals surface area contributed by atoms with Gasteiger partial charge in [-0.1, -0.05) is 0 Å². The van der Waals surface area contributed by atoms with Gasteiger partial charge < -0.3 is 15.2 Å². The minimum atomic E-state index is 0.610. The van der Waals surface area contributed by atoms with Crippen molar-refractivity contribution in [3.05, 3.63) is 24.4 Å². The lowest BCUT2D eigenvalue weighted by Crippen LogP contribution is -1.98. The summed E-state index contributed by atoms with van der Waals surface area (Å²) in [5.74, 6) is 1.49. The Morgan fingerprint density at radius 1 is 1.24 bits per heavy atom. The van der Waals surface area contributed by atoms with Crippen LogP contribution in [0.25, 0.3) is 11.3 Å². The van der Waals surface area contributed by atoms with Crippen molar-refractivity contribution in [2.75, 3.05) is 20.0 Å². The zero-order valence-corrected chi connectivity index (χ0v) is 10.1. The number of hydrogen-bond acceptors (Lipinski definition) is 4. The average molecular weight is 233 g/mol. The second-order valence-electron chi connectivity index (χ2n) is 3.64. The van der Waals surface area contributed by atoms with Crippen molar-refractivity contribution < 1.29 is 9.47 Å². The zero-order chi connectivity index (χ0) is 12.4. The molecule has 0 unspecified atom stereocenters. The Kier molecular flexibility index (Phi) is 2.91. The fraction of sp³-hybridized carbons (Fsp3) is 0.250. The van der Waals surface area contributed by atoms with Crippen LogP contribution in [-0.2, 0) is 7.05 Å². The molecule has 0 atom stereocenters. The molecule has 0 radical (unpaired) electrons. The van der Waals surface area contributed by atoms with Crippen LogP contribution in [0.1, 0.15) is 0 Å². The van der Waals surface area contributed by atoms with Gasteiger partial charge in [-0.2, -0.15) is 5.10 Å². The van der Waals surface area contributed by atoms with E-state index in [0.717, 1.165) is 22.8 Å². The van der Waals surface area contributed by atoms with Crippen LogP contribution in [0.2, 0.25) is 0 Å². The van der Waals surface area contributed by atoms with Crippen LogP contribution in [0, 0.1) is 0 Å². The molecule has 0 aliphatic heterocycles. The van der Waals surface area contributed by atoms with E-state index in [4.69, 9.17) is 15.2 Å². The van der Waals surface area contributed by atoms with Crippen molar-refractivity contribution in [1.82, 2.24) is 9.78 Å². The van der Waals surface area contributed by atoms with Crippen LogP contribution in [-0.4, -0.2) is 24.0 Å². The summed E-state index contributed by atoms with van der Waals surface area (Å²) in [6.07, 6.45) is 1.62. The third kappa shape index (κ3) is 1.91. The van der Waals surface area contributed by atoms with Crippen LogP contribution in [0.5, 0.6) is 11.5 Å². The average Bonchev–Trinajstić information content (AvgIpc) is 2.68. The molecule has 1 aromatic carbocycles. The summed E-state index contributed by atoms with van der Waals surface area (Å²) in [7, 11) is 5.08. The van der Waals surface area contributed by atoms with Gasteiger partial charge in [-0.25, -0.2) is 0 Å². The Balaban J connectivity index is 2.64. The van der Waals surface area contributed by atoms with Crippen molar-refractivity contribution in [2.45, 2.75) is 0 Å². The number of nitrogens with zero attached hydrogens (tertiary/aromatic N) is 2. The van der Waals surface area contributed by atoms with E-state index < -0.39 is 0 Å². The molecule has 2 rings (SSSR count). The quantitative estimate of drug-likeness (QED) is 0.876. The van der Waals surface area contributed by atoms with Gasteiger partial charge in [0.25, 0.3) is 0 Å². The van der Waals surface area contributed by atoms with Crippen LogP contribution in [0.4, 0.5) is 5.69 Å². The van der Waals surface area contributed by atoms with E-state index in [2.05, 4.69) is 5.10 Å². The largest absolute Gasteiger partial charge is 0.497 e. The molecule has 17 heavy (non-hydrogen) atoms. The standard InChI is InChI=1S/C12H15N3O2/c1-15-12(10(13)7-14-15)9-6-8(16-2)4-5-11(9)17-3/h4-7H,13H2,1-3H3. The van der Waals surface area contributed by atoms with E-state index in [-0.39, 0.29) is 0 Å². The third-order valence-corrected chi connectivity index (χ3v) is 2.63. The fourth-order valence-electron chi connectivity index (χ4n) is 1.78. The van der Waals surface area contributed by atoms with Gasteiger partial charge in [0, 0.05) is 12.6 Å². The number of ether oxygens (including phenoxy) is 2. The molecule has 0 bridgehead atoms. The Morgan fingerprint density at radius 3 is 2.53 bits per heavy atom. The van der Waals surface area contributed by atoms with Crippen LogP contribution >= 0.6 is 0 Å². The topological polar surface area (TPSA) is 62.3 Å². The van der Waals surface area contributed by atoms with Gasteiger partial charge in [-0.3, -0.25) is 4.68 Å². The highest BCUT2D eigenvalue weighted by atomic mass is 16.5. The molecule has 90 valence electrons. The SMILES string of the molecule is COc1ccc(OC)c(-c2c(N)cnn2C)c1. The van der Waals surface area contributed by atoms with Crippen molar-refractivity contribution in [2.24, 2.45) is 7.05 Å². The number of nitrogens with two attached hydrogens (primary N) is 1. The molecule has 2 aromatic rings. The van der Waals surface area contributed by atoms with Gasteiger partial charge in [0.1, 0.15) is 11.5 Å². The summed E-state index contributed by atoms with van der Waals surface area (Å²) in [6.45, 7) is 0. The molecule has 0 spiro atoms. The molecule has 5 nitrogen and oxygen atoms in total. The van der Waals surface area contributed by atoms with Gasteiger partial charge >= 0.3 is 0 Å². The summed E-state index contributed by atoms with van der Waals surface area (Å²) in [5, 5.41) is 4.12. The molecule has 0 aliphatic rings. The molecule has 0 aliphatic carbocycles. The summed E-state index contributed by atoms with van der Waals surface area (Å²) in [4.78, 5) is 0. The molecule has 1 heterocycles. The van der Waals surface area contributed by atoms with Gasteiger partial charge in [0.05, 0.1) is 31.8 Å². The number of aryl methyl sites for hydroxylation is 1. The monoisotopic (exact) mass is 233 g/mol. The first kappa shape index (κ1) is 11.3. The lowest BCUT2D eigenvalue weighted by molar-refractivity contribution is 0.404. The minimum absolute atomic E-state index is 0.610. The van der Waals surface area contributed by atoms with Crippen molar-refractivity contribution in [3.63, 3.8) is 0 Å². The fourth-order valence-corrected chi connectivity index (χ4v) is 1.78. The predicted molar refractivity (Wildman–Crippen MR) is 66.2 cm³/mol. The maximum atomic E-state index is 5.91. The normalized spacial score (nSPS) is 10.3. The second-order valence-corrected chi connectivity index (χ2v) is 3.64. The van der Waals surface area contributed by atoms with Crippen LogP contribution in [0.3, 0.4) is 0 Å². The maximum Gasteiger partial charge on any atom is 0.128 e. The first-order valence-corrected chi connectivity index (χ1v) is 5.17. The summed E-state index contributed by atoms with van der Waals surface area (Å²) in [6, 6.07) is 5.57. The number of hydrogen-bond donors (Lipinski definition) is 1. The maximum absolute atomic E-state index is 5.91. The first-order valence-electron chi connectivity index (χ1n) is 5.17. The van der Waals surface area contributed by atoms with E-state index in [0.29, 0.717) is 5.69 Å². The number of aromatic nitrogens is 2. The van der Waals surface area contributed by atoms with Crippen molar-refractivity contribution in [1.29, 1.82) is 0 Å². The Labute approximate surface area is 99.8 Å². The summed E-state index contributed by atoms with van der Waals surface area (Å²) in [5.41, 5.74) is 8.20. The highest BCUT2D eigenvalue weighted by molar-refractivity contribution is 5.78. The van der Waals surface area contributed by atoms with E-state index in [1.165, 1.54) is 0 Å². The Morgan fingerprint density at radius 2 is 2.00 bits per heavy atom. The molecule has 5 heteroatoms. The zero-order valence-electron chi connectivity index (χ0n) is 10.1. The third-order valence-electron chi connectivity index (χ3n) is 2.63.